The number of hydrogen-bond acceptors (Lipinski definition) is 5. The maximum atomic E-state index is 13.2. The zero-order valence-corrected chi connectivity index (χ0v) is 18.8. The van der Waals surface area contributed by atoms with Crippen LogP contribution in [0.2, 0.25) is 0 Å². The third-order valence-corrected chi connectivity index (χ3v) is 5.63. The van der Waals surface area contributed by atoms with E-state index < -0.39 is 23.8 Å². The second kappa shape index (κ2) is 8.49. The minimum absolute atomic E-state index is 0.173. The molecular formula is C23H27N5O4. The van der Waals surface area contributed by atoms with Crippen LogP contribution >= 0.6 is 0 Å². The number of hydrogen-bond donors (Lipinski definition) is 0. The van der Waals surface area contributed by atoms with Crippen molar-refractivity contribution in [2.45, 2.75) is 46.6 Å². The maximum Gasteiger partial charge on any atom is 0.333 e. The summed E-state index contributed by atoms with van der Waals surface area (Å²) in [7, 11) is 1.54. The van der Waals surface area contributed by atoms with Gasteiger partial charge in [0.2, 0.25) is 5.78 Å². The highest BCUT2D eigenvalue weighted by molar-refractivity contribution is 5.77. The molecule has 0 aliphatic rings. The molecule has 0 N–H and O–H groups in total. The fourth-order valence-corrected chi connectivity index (χ4v) is 4.00. The molecule has 0 spiro atoms. The summed E-state index contributed by atoms with van der Waals surface area (Å²) in [6, 6.07) is 8.28. The van der Waals surface area contributed by atoms with E-state index in [-0.39, 0.29) is 17.8 Å². The van der Waals surface area contributed by atoms with Crippen LogP contribution in [0.5, 0.6) is 0 Å². The molecule has 0 aliphatic heterocycles. The van der Waals surface area contributed by atoms with Gasteiger partial charge in [-0.15, -0.1) is 0 Å². The first kappa shape index (κ1) is 21.6. The topological polar surface area (TPSA) is 92.5 Å². The van der Waals surface area contributed by atoms with Crippen LogP contribution < -0.4 is 11.2 Å². The Bertz CT molecular complexity index is 1420. The lowest BCUT2D eigenvalue weighted by Gasteiger charge is -2.08. The molecule has 32 heavy (non-hydrogen) atoms. The number of unbranched alkanes of at least 4 members (excludes halogenated alkanes) is 1. The van der Waals surface area contributed by atoms with Crippen molar-refractivity contribution in [2.24, 2.45) is 7.05 Å². The van der Waals surface area contributed by atoms with Crippen molar-refractivity contribution >= 4 is 22.9 Å². The number of imidazole rings is 2. The Hall–Kier alpha value is -3.62. The minimum atomic E-state index is -0.635. The summed E-state index contributed by atoms with van der Waals surface area (Å²) >= 11 is 0. The number of fused-ring (bicyclic) bond motifs is 3. The fourth-order valence-electron chi connectivity index (χ4n) is 4.00. The smallest absolute Gasteiger partial charge is 0.333 e. The normalized spacial score (nSPS) is 11.5. The first-order chi connectivity index (χ1) is 15.4. The number of aryl methyl sites for hydroxylation is 3. The second-order valence-corrected chi connectivity index (χ2v) is 7.87. The molecule has 3 heterocycles. The van der Waals surface area contributed by atoms with Crippen LogP contribution in [0.1, 0.15) is 37.9 Å². The second-order valence-electron chi connectivity index (χ2n) is 7.87. The van der Waals surface area contributed by atoms with Gasteiger partial charge in [0.25, 0.3) is 5.56 Å². The Morgan fingerprint density at radius 3 is 2.50 bits per heavy atom. The summed E-state index contributed by atoms with van der Waals surface area (Å²) in [5, 5.41) is 0. The third kappa shape index (κ3) is 3.53. The summed E-state index contributed by atoms with van der Waals surface area (Å²) in [6.45, 7) is 5.51. The van der Waals surface area contributed by atoms with Gasteiger partial charge in [0, 0.05) is 24.6 Å². The number of rotatable bonds is 7. The number of carbonyl (C=O) groups is 1. The lowest BCUT2D eigenvalue weighted by atomic mass is 10.1. The molecule has 1 aromatic carbocycles. The standard InChI is InChI=1S/C23H27N5O4/c1-5-7-8-16-9-11-17(12-10-16)28-15(3)13-26-19-20(24-22(26)28)25(4)23(31)27(21(19)30)14-18(29)32-6-2/h9-13H,5-8,14H2,1-4H3. The Balaban J connectivity index is 1.89. The van der Waals surface area contributed by atoms with Crippen LogP contribution in [0.4, 0.5) is 0 Å². The first-order valence-electron chi connectivity index (χ1n) is 10.8. The van der Waals surface area contributed by atoms with E-state index in [9.17, 15) is 14.4 Å². The Morgan fingerprint density at radius 1 is 1.12 bits per heavy atom. The summed E-state index contributed by atoms with van der Waals surface area (Å²) in [6.07, 6.45) is 5.14. The Morgan fingerprint density at radius 2 is 1.84 bits per heavy atom. The summed E-state index contributed by atoms with van der Waals surface area (Å²) < 4.78 is 10.7. The van der Waals surface area contributed by atoms with E-state index in [1.165, 1.54) is 17.2 Å². The van der Waals surface area contributed by atoms with Crippen LogP contribution in [-0.4, -0.2) is 35.7 Å². The van der Waals surface area contributed by atoms with Crippen LogP contribution in [0.25, 0.3) is 22.6 Å². The zero-order chi connectivity index (χ0) is 23.0. The summed E-state index contributed by atoms with van der Waals surface area (Å²) in [5.41, 5.74) is 2.41. The van der Waals surface area contributed by atoms with Gasteiger partial charge in [-0.25, -0.2) is 9.36 Å². The highest BCUT2D eigenvalue weighted by atomic mass is 16.5. The highest BCUT2D eigenvalue weighted by Crippen LogP contribution is 2.21. The van der Waals surface area contributed by atoms with Gasteiger partial charge in [-0.05, 0) is 44.4 Å². The van der Waals surface area contributed by atoms with Gasteiger partial charge in [0.1, 0.15) is 6.54 Å². The number of aromatic nitrogens is 5. The molecule has 0 aliphatic carbocycles. The molecule has 3 aromatic heterocycles. The maximum absolute atomic E-state index is 13.2. The van der Waals surface area contributed by atoms with Gasteiger partial charge in [-0.1, -0.05) is 25.5 Å². The van der Waals surface area contributed by atoms with Crippen molar-refractivity contribution in [3.8, 4) is 5.69 Å². The van der Waals surface area contributed by atoms with Gasteiger partial charge in [0.05, 0.1) is 6.61 Å². The molecule has 0 atom stereocenters. The number of ether oxygens (including phenoxy) is 1. The lowest BCUT2D eigenvalue weighted by Crippen LogP contribution is -2.41. The monoisotopic (exact) mass is 437 g/mol. The van der Waals surface area contributed by atoms with Gasteiger partial charge in [0.15, 0.2) is 11.2 Å². The third-order valence-electron chi connectivity index (χ3n) is 5.63. The van der Waals surface area contributed by atoms with E-state index in [2.05, 4.69) is 24.0 Å². The van der Waals surface area contributed by atoms with Crippen molar-refractivity contribution in [1.29, 1.82) is 0 Å². The largest absolute Gasteiger partial charge is 0.465 e. The molecule has 0 radical (unpaired) electrons. The minimum Gasteiger partial charge on any atom is -0.465 e. The number of benzene rings is 1. The van der Waals surface area contributed by atoms with Gasteiger partial charge in [-0.2, -0.15) is 4.98 Å². The number of nitrogens with zero attached hydrogens (tertiary/aromatic N) is 5. The molecule has 0 saturated heterocycles. The van der Waals surface area contributed by atoms with Crippen LogP contribution in [0.3, 0.4) is 0 Å². The van der Waals surface area contributed by atoms with Gasteiger partial charge in [-0.3, -0.25) is 23.1 Å². The van der Waals surface area contributed by atoms with Crippen molar-refractivity contribution in [2.75, 3.05) is 6.61 Å². The molecule has 9 heteroatoms. The number of carbonyl (C=O) groups excluding carboxylic acids is 1. The number of esters is 1. The van der Waals surface area contributed by atoms with E-state index in [1.807, 2.05) is 29.8 Å². The average Bonchev–Trinajstić information content (AvgIpc) is 3.29. The molecule has 0 fully saturated rings. The molecule has 168 valence electrons. The van der Waals surface area contributed by atoms with Crippen molar-refractivity contribution in [3.63, 3.8) is 0 Å². The first-order valence-corrected chi connectivity index (χ1v) is 10.8. The molecule has 9 nitrogen and oxygen atoms in total. The Labute approximate surface area is 184 Å². The van der Waals surface area contributed by atoms with E-state index >= 15 is 0 Å². The molecule has 4 aromatic rings. The van der Waals surface area contributed by atoms with Crippen molar-refractivity contribution in [1.82, 2.24) is 23.1 Å². The van der Waals surface area contributed by atoms with Crippen LogP contribution in [0, 0.1) is 6.92 Å². The predicted octanol–water partition coefficient (Wildman–Crippen LogP) is 2.35. The van der Waals surface area contributed by atoms with Crippen molar-refractivity contribution < 1.29 is 9.53 Å². The van der Waals surface area contributed by atoms with E-state index in [0.717, 1.165) is 35.2 Å². The summed E-state index contributed by atoms with van der Waals surface area (Å²) in [4.78, 5) is 42.5. The molecular weight excluding hydrogens is 410 g/mol. The van der Waals surface area contributed by atoms with Crippen LogP contribution in [-0.2, 0) is 29.5 Å². The quantitative estimate of drug-likeness (QED) is 0.414. The fraction of sp³-hybridized carbons (Fsp3) is 0.391. The van der Waals surface area contributed by atoms with E-state index in [4.69, 9.17) is 4.74 Å². The molecule has 0 amide bonds. The van der Waals surface area contributed by atoms with Crippen LogP contribution in [0.15, 0.2) is 40.1 Å². The average molecular weight is 438 g/mol. The molecule has 0 unspecified atom stereocenters. The highest BCUT2D eigenvalue weighted by Gasteiger charge is 2.22. The van der Waals surface area contributed by atoms with Gasteiger partial charge >= 0.3 is 11.7 Å². The van der Waals surface area contributed by atoms with Crippen molar-refractivity contribution in [3.05, 3.63) is 62.6 Å². The zero-order valence-electron chi connectivity index (χ0n) is 18.8. The molecule has 0 saturated carbocycles. The SMILES string of the molecule is CCCCc1ccc(-n2c(C)cn3c4c(=O)n(CC(=O)OCC)c(=O)n(C)c4nc23)cc1. The van der Waals surface area contributed by atoms with E-state index in [0.29, 0.717) is 5.78 Å². The molecule has 4 rings (SSSR count). The van der Waals surface area contributed by atoms with E-state index in [1.54, 1.807) is 11.3 Å². The Kier molecular flexibility index (Phi) is 5.73. The van der Waals surface area contributed by atoms with Gasteiger partial charge < -0.3 is 4.74 Å². The predicted molar refractivity (Wildman–Crippen MR) is 122 cm³/mol. The molecule has 0 bridgehead atoms. The lowest BCUT2D eigenvalue weighted by molar-refractivity contribution is -0.143. The summed E-state index contributed by atoms with van der Waals surface area (Å²) in [5.74, 6) is -0.108.